The van der Waals surface area contributed by atoms with Crippen molar-refractivity contribution in [3.8, 4) is 0 Å². The van der Waals surface area contributed by atoms with E-state index in [1.165, 1.54) is 12.1 Å². The maximum absolute atomic E-state index is 12.9. The molecule has 1 aliphatic heterocycles. The van der Waals surface area contributed by atoms with E-state index in [1.54, 1.807) is 16.6 Å². The lowest BCUT2D eigenvalue weighted by Crippen LogP contribution is -2.46. The highest BCUT2D eigenvalue weighted by atomic mass is 19.1. The molecule has 4 rings (SSSR count). The summed E-state index contributed by atoms with van der Waals surface area (Å²) in [4.78, 5) is 4.69. The van der Waals surface area contributed by atoms with Gasteiger partial charge in [-0.05, 0) is 36.8 Å². The van der Waals surface area contributed by atoms with Crippen LogP contribution in [-0.4, -0.2) is 57.4 Å². The van der Waals surface area contributed by atoms with Crippen LogP contribution < -0.4 is 4.90 Å². The number of halogens is 1. The van der Waals surface area contributed by atoms with E-state index in [9.17, 15) is 4.39 Å². The molecule has 2 aromatic heterocycles. The summed E-state index contributed by atoms with van der Waals surface area (Å²) < 4.78 is 14.7. The second-order valence-electron chi connectivity index (χ2n) is 6.45. The van der Waals surface area contributed by atoms with Crippen molar-refractivity contribution in [2.24, 2.45) is 0 Å². The first-order valence-electron chi connectivity index (χ1n) is 8.77. The van der Waals surface area contributed by atoms with Gasteiger partial charge in [0.25, 0.3) is 0 Å². The normalized spacial score (nSPS) is 16.0. The molecule has 0 amide bonds. The van der Waals surface area contributed by atoms with E-state index in [0.717, 1.165) is 55.6 Å². The zero-order valence-electron chi connectivity index (χ0n) is 14.7. The van der Waals surface area contributed by atoms with Crippen LogP contribution in [0.15, 0.2) is 42.5 Å². The van der Waals surface area contributed by atoms with Crippen molar-refractivity contribution in [3.05, 3.63) is 59.7 Å². The third kappa shape index (κ3) is 3.57. The van der Waals surface area contributed by atoms with Gasteiger partial charge in [0.1, 0.15) is 11.6 Å². The van der Waals surface area contributed by atoms with Crippen molar-refractivity contribution in [3.63, 3.8) is 0 Å². The molecular formula is C19H21FN6. The fraction of sp³-hybridized carbons (Fsp3) is 0.316. The molecule has 0 saturated carbocycles. The number of fused-ring (bicyclic) bond motifs is 1. The second-order valence-corrected chi connectivity index (χ2v) is 6.45. The fourth-order valence-corrected chi connectivity index (χ4v) is 3.13. The molecule has 134 valence electrons. The highest BCUT2D eigenvalue weighted by molar-refractivity contribution is 5.49. The number of piperazine rings is 1. The first kappa shape index (κ1) is 16.7. The van der Waals surface area contributed by atoms with Gasteiger partial charge in [0, 0.05) is 32.7 Å². The molecule has 7 heteroatoms. The molecular weight excluding hydrogens is 331 g/mol. The Morgan fingerprint density at radius 3 is 2.54 bits per heavy atom. The summed E-state index contributed by atoms with van der Waals surface area (Å²) >= 11 is 0. The molecule has 0 bridgehead atoms. The van der Waals surface area contributed by atoms with E-state index in [1.807, 2.05) is 25.1 Å². The van der Waals surface area contributed by atoms with Crippen LogP contribution in [0.25, 0.3) is 11.7 Å². The van der Waals surface area contributed by atoms with Crippen LogP contribution in [0, 0.1) is 12.7 Å². The summed E-state index contributed by atoms with van der Waals surface area (Å²) in [5.74, 6) is 1.56. The summed E-state index contributed by atoms with van der Waals surface area (Å²) in [6, 6.07) is 10.5. The highest BCUT2D eigenvalue weighted by Gasteiger charge is 2.18. The van der Waals surface area contributed by atoms with Gasteiger partial charge in [-0.25, -0.2) is 4.39 Å². The van der Waals surface area contributed by atoms with Crippen LogP contribution >= 0.6 is 0 Å². The number of hydrogen-bond donors (Lipinski definition) is 0. The maximum atomic E-state index is 12.9. The van der Waals surface area contributed by atoms with Gasteiger partial charge in [0.05, 0.1) is 0 Å². The van der Waals surface area contributed by atoms with E-state index in [0.29, 0.717) is 0 Å². The molecule has 1 aromatic carbocycles. The Kier molecular flexibility index (Phi) is 4.62. The third-order valence-electron chi connectivity index (χ3n) is 4.64. The van der Waals surface area contributed by atoms with Gasteiger partial charge in [0.15, 0.2) is 11.5 Å². The molecule has 0 radical (unpaired) electrons. The van der Waals surface area contributed by atoms with Crippen LogP contribution in [0.5, 0.6) is 0 Å². The van der Waals surface area contributed by atoms with Gasteiger partial charge in [-0.1, -0.05) is 24.3 Å². The third-order valence-corrected chi connectivity index (χ3v) is 4.64. The minimum Gasteiger partial charge on any atom is -0.353 e. The van der Waals surface area contributed by atoms with Crippen LogP contribution in [0.3, 0.4) is 0 Å². The van der Waals surface area contributed by atoms with Crippen molar-refractivity contribution in [2.45, 2.75) is 6.92 Å². The Morgan fingerprint density at radius 2 is 1.77 bits per heavy atom. The fourth-order valence-electron chi connectivity index (χ4n) is 3.13. The van der Waals surface area contributed by atoms with Crippen molar-refractivity contribution in [2.75, 3.05) is 37.6 Å². The number of rotatable bonds is 4. The molecule has 3 heterocycles. The SMILES string of the molecule is Cc1nnc2ccc(N3CCN(CC=Cc4ccc(F)cc4)CC3)nn12. The predicted molar refractivity (Wildman–Crippen MR) is 99.6 cm³/mol. The Hall–Kier alpha value is -2.80. The van der Waals surface area contributed by atoms with Gasteiger partial charge in [-0.15, -0.1) is 15.3 Å². The molecule has 1 saturated heterocycles. The molecule has 0 aliphatic carbocycles. The van der Waals surface area contributed by atoms with Crippen molar-refractivity contribution < 1.29 is 4.39 Å². The minimum absolute atomic E-state index is 0.202. The summed E-state index contributed by atoms with van der Waals surface area (Å²) in [6.07, 6.45) is 4.17. The summed E-state index contributed by atoms with van der Waals surface area (Å²) in [5.41, 5.74) is 1.79. The lowest BCUT2D eigenvalue weighted by Gasteiger charge is -2.34. The Morgan fingerprint density at radius 1 is 1.00 bits per heavy atom. The van der Waals surface area contributed by atoms with Crippen LogP contribution in [0.4, 0.5) is 10.2 Å². The van der Waals surface area contributed by atoms with Crippen LogP contribution in [-0.2, 0) is 0 Å². The number of aromatic nitrogens is 4. The number of aryl methyl sites for hydroxylation is 1. The van der Waals surface area contributed by atoms with Crippen LogP contribution in [0.2, 0.25) is 0 Å². The second kappa shape index (κ2) is 7.21. The first-order chi connectivity index (χ1) is 12.7. The molecule has 0 atom stereocenters. The van der Waals surface area contributed by atoms with E-state index in [2.05, 4.69) is 31.2 Å². The first-order valence-corrected chi connectivity index (χ1v) is 8.77. The lowest BCUT2D eigenvalue weighted by molar-refractivity contribution is 0.283. The van der Waals surface area contributed by atoms with E-state index >= 15 is 0 Å². The number of nitrogens with zero attached hydrogens (tertiary/aromatic N) is 6. The molecule has 6 nitrogen and oxygen atoms in total. The van der Waals surface area contributed by atoms with E-state index in [-0.39, 0.29) is 5.82 Å². The molecule has 0 unspecified atom stereocenters. The zero-order chi connectivity index (χ0) is 17.9. The van der Waals surface area contributed by atoms with Crippen molar-refractivity contribution >= 4 is 17.5 Å². The molecule has 3 aromatic rings. The van der Waals surface area contributed by atoms with E-state index in [4.69, 9.17) is 0 Å². The summed E-state index contributed by atoms with van der Waals surface area (Å²) in [7, 11) is 0. The van der Waals surface area contributed by atoms with Gasteiger partial charge >= 0.3 is 0 Å². The zero-order valence-corrected chi connectivity index (χ0v) is 14.7. The van der Waals surface area contributed by atoms with Gasteiger partial charge in [-0.3, -0.25) is 4.90 Å². The summed E-state index contributed by atoms with van der Waals surface area (Å²) in [5, 5.41) is 12.8. The molecule has 1 fully saturated rings. The molecule has 26 heavy (non-hydrogen) atoms. The topological polar surface area (TPSA) is 49.6 Å². The molecule has 0 spiro atoms. The van der Waals surface area contributed by atoms with Gasteiger partial charge in [-0.2, -0.15) is 4.52 Å². The predicted octanol–water partition coefficient (Wildman–Crippen LogP) is 2.41. The Labute approximate surface area is 151 Å². The Bertz CT molecular complexity index is 909. The highest BCUT2D eigenvalue weighted by Crippen LogP contribution is 2.15. The minimum atomic E-state index is -0.202. The maximum Gasteiger partial charge on any atom is 0.178 e. The monoisotopic (exact) mass is 352 g/mol. The largest absolute Gasteiger partial charge is 0.353 e. The molecule has 1 aliphatic rings. The van der Waals surface area contributed by atoms with Crippen molar-refractivity contribution in [1.29, 1.82) is 0 Å². The van der Waals surface area contributed by atoms with Crippen LogP contribution in [0.1, 0.15) is 11.4 Å². The summed E-state index contributed by atoms with van der Waals surface area (Å²) in [6.45, 7) is 6.63. The Balaban J connectivity index is 1.33. The standard InChI is InChI=1S/C19H21FN6/c1-15-21-22-18-8-9-19(23-26(15)18)25-13-11-24(12-14-25)10-2-3-16-4-6-17(20)7-5-16/h2-9H,10-14H2,1H3. The number of anilines is 1. The molecule has 0 N–H and O–H groups in total. The lowest BCUT2D eigenvalue weighted by atomic mass is 10.2. The van der Waals surface area contributed by atoms with Crippen molar-refractivity contribution in [1.82, 2.24) is 24.7 Å². The number of hydrogen-bond acceptors (Lipinski definition) is 5. The number of benzene rings is 1. The smallest absolute Gasteiger partial charge is 0.178 e. The van der Waals surface area contributed by atoms with E-state index < -0.39 is 0 Å². The quantitative estimate of drug-likeness (QED) is 0.722. The van der Waals surface area contributed by atoms with Gasteiger partial charge < -0.3 is 4.90 Å². The van der Waals surface area contributed by atoms with Gasteiger partial charge in [0.2, 0.25) is 0 Å². The average molecular weight is 352 g/mol. The average Bonchev–Trinajstić information content (AvgIpc) is 3.04.